The second-order valence-corrected chi connectivity index (χ2v) is 5.89. The fourth-order valence-electron chi connectivity index (χ4n) is 1.51. The van der Waals surface area contributed by atoms with Gasteiger partial charge in [-0.1, -0.05) is 6.07 Å². The Kier molecular flexibility index (Phi) is 5.58. The fraction of sp³-hybridized carbons (Fsp3) is 0.500. The van der Waals surface area contributed by atoms with Crippen LogP contribution in [0.3, 0.4) is 0 Å². The van der Waals surface area contributed by atoms with Crippen molar-refractivity contribution < 1.29 is 17.9 Å². The largest absolute Gasteiger partial charge is 0.491 e. The van der Waals surface area contributed by atoms with Crippen molar-refractivity contribution in [3.05, 3.63) is 29.3 Å². The highest BCUT2D eigenvalue weighted by atomic mass is 32.2. The molecule has 0 fully saturated rings. The van der Waals surface area contributed by atoms with E-state index in [4.69, 9.17) is 14.6 Å². The summed E-state index contributed by atoms with van der Waals surface area (Å²) in [6.07, 6.45) is 0. The van der Waals surface area contributed by atoms with Crippen molar-refractivity contribution in [2.75, 3.05) is 25.6 Å². The quantitative estimate of drug-likeness (QED) is 0.751. The van der Waals surface area contributed by atoms with Crippen molar-refractivity contribution in [3.8, 4) is 5.75 Å². The van der Waals surface area contributed by atoms with Crippen LogP contribution in [0.4, 0.5) is 0 Å². The van der Waals surface area contributed by atoms with Crippen molar-refractivity contribution in [3.63, 3.8) is 0 Å². The Morgan fingerprint density at radius 1 is 1.06 bits per heavy atom. The van der Waals surface area contributed by atoms with Crippen LogP contribution < -0.4 is 9.88 Å². The molecule has 0 saturated heterocycles. The summed E-state index contributed by atoms with van der Waals surface area (Å²) >= 11 is 0. The normalized spacial score (nSPS) is 11.5. The molecule has 0 aliphatic heterocycles. The zero-order valence-electron chi connectivity index (χ0n) is 10.7. The lowest BCUT2D eigenvalue weighted by Gasteiger charge is -2.08. The smallest absolute Gasteiger partial charge is 0.211 e. The SMILES string of the molecule is Cc1cc(C)cc(OCCOCCS(N)(=O)=O)c1. The molecular formula is C12H19NO4S. The Hall–Kier alpha value is -1.11. The number of ether oxygens (including phenoxy) is 2. The topological polar surface area (TPSA) is 78.6 Å². The van der Waals surface area contributed by atoms with Gasteiger partial charge in [0.1, 0.15) is 12.4 Å². The third-order valence-corrected chi connectivity index (χ3v) is 2.94. The van der Waals surface area contributed by atoms with Crippen LogP contribution in [-0.4, -0.2) is 34.0 Å². The number of aryl methyl sites for hydroxylation is 2. The van der Waals surface area contributed by atoms with E-state index in [1.165, 1.54) is 0 Å². The van der Waals surface area contributed by atoms with Crippen LogP contribution >= 0.6 is 0 Å². The first kappa shape index (κ1) is 14.9. The average Bonchev–Trinajstić information content (AvgIpc) is 2.20. The highest BCUT2D eigenvalue weighted by molar-refractivity contribution is 7.89. The number of benzene rings is 1. The van der Waals surface area contributed by atoms with Gasteiger partial charge in [-0.2, -0.15) is 0 Å². The van der Waals surface area contributed by atoms with Crippen LogP contribution in [0.5, 0.6) is 5.75 Å². The molecule has 0 amide bonds. The summed E-state index contributed by atoms with van der Waals surface area (Å²) in [6.45, 7) is 4.82. The van der Waals surface area contributed by atoms with Gasteiger partial charge in [-0.3, -0.25) is 0 Å². The lowest BCUT2D eigenvalue weighted by molar-refractivity contribution is 0.111. The molecule has 0 aliphatic carbocycles. The third kappa shape index (κ3) is 6.58. The molecule has 0 atom stereocenters. The van der Waals surface area contributed by atoms with Gasteiger partial charge in [-0.25, -0.2) is 13.6 Å². The van der Waals surface area contributed by atoms with E-state index in [2.05, 4.69) is 6.07 Å². The molecule has 1 rings (SSSR count). The fourth-order valence-corrected chi connectivity index (χ4v) is 1.86. The van der Waals surface area contributed by atoms with Gasteiger partial charge < -0.3 is 9.47 Å². The maximum Gasteiger partial charge on any atom is 0.211 e. The first-order chi connectivity index (χ1) is 8.37. The van der Waals surface area contributed by atoms with Crippen LogP contribution in [0.15, 0.2) is 18.2 Å². The van der Waals surface area contributed by atoms with Gasteiger partial charge in [0.2, 0.25) is 10.0 Å². The Morgan fingerprint density at radius 3 is 2.22 bits per heavy atom. The average molecular weight is 273 g/mol. The molecule has 0 aromatic heterocycles. The molecule has 102 valence electrons. The van der Waals surface area contributed by atoms with E-state index in [1.54, 1.807) is 0 Å². The molecule has 0 unspecified atom stereocenters. The lowest BCUT2D eigenvalue weighted by Crippen LogP contribution is -2.21. The van der Waals surface area contributed by atoms with Gasteiger partial charge in [-0.15, -0.1) is 0 Å². The van der Waals surface area contributed by atoms with Crippen molar-refractivity contribution >= 4 is 10.0 Å². The van der Waals surface area contributed by atoms with Crippen LogP contribution in [-0.2, 0) is 14.8 Å². The molecule has 1 aromatic carbocycles. The number of hydrogen-bond donors (Lipinski definition) is 1. The van der Waals surface area contributed by atoms with Gasteiger partial charge in [-0.05, 0) is 37.1 Å². The van der Waals surface area contributed by atoms with Crippen LogP contribution in [0.2, 0.25) is 0 Å². The summed E-state index contributed by atoms with van der Waals surface area (Å²) in [7, 11) is -3.44. The van der Waals surface area contributed by atoms with Gasteiger partial charge in [0.15, 0.2) is 0 Å². The van der Waals surface area contributed by atoms with E-state index in [9.17, 15) is 8.42 Å². The van der Waals surface area contributed by atoms with Gasteiger partial charge in [0, 0.05) is 0 Å². The monoisotopic (exact) mass is 273 g/mol. The second-order valence-electron chi connectivity index (χ2n) is 4.15. The molecule has 2 N–H and O–H groups in total. The number of nitrogens with two attached hydrogens (primary N) is 1. The zero-order chi connectivity index (χ0) is 13.6. The first-order valence-electron chi connectivity index (χ1n) is 5.66. The summed E-state index contributed by atoms with van der Waals surface area (Å²) in [5.41, 5.74) is 2.28. The lowest BCUT2D eigenvalue weighted by atomic mass is 10.1. The molecule has 18 heavy (non-hydrogen) atoms. The number of primary sulfonamides is 1. The molecule has 0 saturated carbocycles. The van der Waals surface area contributed by atoms with E-state index < -0.39 is 10.0 Å². The number of rotatable bonds is 7. The summed E-state index contributed by atoms with van der Waals surface area (Å²) in [6, 6.07) is 5.95. The maximum absolute atomic E-state index is 10.6. The van der Waals surface area contributed by atoms with Crippen molar-refractivity contribution in [2.45, 2.75) is 13.8 Å². The first-order valence-corrected chi connectivity index (χ1v) is 7.38. The Labute approximate surface area is 108 Å². The van der Waals surface area contributed by atoms with Crippen LogP contribution in [0.1, 0.15) is 11.1 Å². The molecular weight excluding hydrogens is 254 g/mol. The van der Waals surface area contributed by atoms with Gasteiger partial charge in [0.05, 0.1) is 19.0 Å². The van der Waals surface area contributed by atoms with E-state index in [-0.39, 0.29) is 12.4 Å². The summed E-state index contributed by atoms with van der Waals surface area (Å²) in [5, 5.41) is 4.84. The Bertz CT molecular complexity index is 465. The molecule has 1 aromatic rings. The Morgan fingerprint density at radius 2 is 1.67 bits per heavy atom. The predicted octanol–water partition coefficient (Wildman–Crippen LogP) is 0.987. The summed E-state index contributed by atoms with van der Waals surface area (Å²) in [4.78, 5) is 0. The predicted molar refractivity (Wildman–Crippen MR) is 70.2 cm³/mol. The van der Waals surface area contributed by atoms with Crippen molar-refractivity contribution in [2.24, 2.45) is 5.14 Å². The Balaban J connectivity index is 2.22. The molecule has 0 radical (unpaired) electrons. The summed E-state index contributed by atoms with van der Waals surface area (Å²) < 4.78 is 31.9. The third-order valence-electron chi connectivity index (χ3n) is 2.20. The van der Waals surface area contributed by atoms with Crippen LogP contribution in [0, 0.1) is 13.8 Å². The number of hydrogen-bond acceptors (Lipinski definition) is 4. The molecule has 0 spiro atoms. The van der Waals surface area contributed by atoms with Crippen molar-refractivity contribution in [1.82, 2.24) is 0 Å². The van der Waals surface area contributed by atoms with E-state index in [0.29, 0.717) is 13.2 Å². The van der Waals surface area contributed by atoms with Crippen molar-refractivity contribution in [1.29, 1.82) is 0 Å². The molecule has 6 heteroatoms. The minimum absolute atomic E-state index is 0.0923. The highest BCUT2D eigenvalue weighted by Gasteiger charge is 2.02. The second kappa shape index (κ2) is 6.72. The standard InChI is InChI=1S/C12H19NO4S/c1-10-7-11(2)9-12(8-10)17-4-3-16-5-6-18(13,14)15/h7-9H,3-6H2,1-2H3,(H2,13,14,15). The summed E-state index contributed by atoms with van der Waals surface area (Å²) in [5.74, 6) is 0.624. The highest BCUT2D eigenvalue weighted by Crippen LogP contribution is 2.15. The molecule has 5 nitrogen and oxygen atoms in total. The molecule has 0 aliphatic rings. The van der Waals surface area contributed by atoms with Gasteiger partial charge >= 0.3 is 0 Å². The maximum atomic E-state index is 10.6. The molecule has 0 heterocycles. The van der Waals surface area contributed by atoms with E-state index >= 15 is 0 Å². The van der Waals surface area contributed by atoms with E-state index in [0.717, 1.165) is 16.9 Å². The minimum Gasteiger partial charge on any atom is -0.491 e. The van der Waals surface area contributed by atoms with Gasteiger partial charge in [0.25, 0.3) is 0 Å². The minimum atomic E-state index is -3.44. The van der Waals surface area contributed by atoms with Crippen LogP contribution in [0.25, 0.3) is 0 Å². The number of sulfonamides is 1. The van der Waals surface area contributed by atoms with E-state index in [1.807, 2.05) is 26.0 Å². The molecule has 0 bridgehead atoms. The zero-order valence-corrected chi connectivity index (χ0v) is 11.5.